The van der Waals surface area contributed by atoms with Gasteiger partial charge in [0, 0.05) is 17.3 Å². The fraction of sp³-hybridized carbons (Fsp3) is 0.235. The highest BCUT2D eigenvalue weighted by atomic mass is 35.5. The van der Waals surface area contributed by atoms with Crippen LogP contribution in [0.1, 0.15) is 12.5 Å². The molecule has 2 rings (SSSR count). The van der Waals surface area contributed by atoms with Crippen molar-refractivity contribution in [2.75, 3.05) is 12.4 Å². The monoisotopic (exact) mass is 381 g/mol. The van der Waals surface area contributed by atoms with Crippen molar-refractivity contribution in [2.24, 2.45) is 5.14 Å². The number of halogens is 1. The van der Waals surface area contributed by atoms with Crippen LogP contribution in [0, 0.1) is 0 Å². The van der Waals surface area contributed by atoms with Crippen LogP contribution in [0.25, 0.3) is 0 Å². The van der Waals surface area contributed by atoms with Crippen molar-refractivity contribution in [3.63, 3.8) is 0 Å². The fourth-order valence-corrected chi connectivity index (χ4v) is 2.96. The molecule has 0 saturated carbocycles. The Balaban J connectivity index is 1.99. The number of carbonyl (C=O) groups is 1. The lowest BCUT2D eigenvalue weighted by molar-refractivity contribution is -0.120. The Kier molecular flexibility index (Phi) is 6.18. The zero-order valence-corrected chi connectivity index (χ0v) is 15.5. The molecule has 2 aromatic carbocycles. The number of anilines is 1. The second kappa shape index (κ2) is 7.97. The van der Waals surface area contributed by atoms with E-state index in [-0.39, 0.29) is 10.8 Å². The summed E-state index contributed by atoms with van der Waals surface area (Å²) in [5.41, 5.74) is 1.51. The lowest BCUT2D eigenvalue weighted by Gasteiger charge is -2.24. The number of hydrogen-bond acceptors (Lipinski definition) is 4. The number of primary sulfonamides is 1. The molecule has 0 aromatic heterocycles. The molecule has 0 spiro atoms. The molecule has 0 heterocycles. The van der Waals surface area contributed by atoms with Gasteiger partial charge in [0.2, 0.25) is 15.9 Å². The van der Waals surface area contributed by atoms with E-state index >= 15 is 0 Å². The molecule has 1 amide bonds. The normalized spacial score (nSPS) is 12.8. The van der Waals surface area contributed by atoms with Crippen LogP contribution in [0.5, 0.6) is 0 Å². The number of nitrogens with two attached hydrogens (primary N) is 1. The summed E-state index contributed by atoms with van der Waals surface area (Å²) in [4.78, 5) is 14.3. The number of nitrogens with zero attached hydrogens (tertiary/aromatic N) is 1. The van der Waals surface area contributed by atoms with E-state index in [1.54, 1.807) is 13.0 Å². The van der Waals surface area contributed by atoms with E-state index in [0.29, 0.717) is 17.3 Å². The molecule has 1 atom stereocenters. The Labute approximate surface area is 152 Å². The number of nitrogens with one attached hydrogen (secondary N) is 1. The van der Waals surface area contributed by atoms with E-state index in [1.165, 1.54) is 24.3 Å². The van der Waals surface area contributed by atoms with Gasteiger partial charge in [0.25, 0.3) is 0 Å². The summed E-state index contributed by atoms with van der Waals surface area (Å²) in [5.74, 6) is -0.201. The van der Waals surface area contributed by atoms with Gasteiger partial charge >= 0.3 is 0 Å². The van der Waals surface area contributed by atoms with Crippen LogP contribution in [0.4, 0.5) is 5.69 Å². The average Bonchev–Trinajstić information content (AvgIpc) is 2.53. The van der Waals surface area contributed by atoms with E-state index in [2.05, 4.69) is 5.32 Å². The first-order valence-electron chi connectivity index (χ1n) is 7.55. The molecule has 25 heavy (non-hydrogen) atoms. The maximum absolute atomic E-state index is 12.4. The summed E-state index contributed by atoms with van der Waals surface area (Å²) >= 11 is 5.97. The molecule has 6 nitrogen and oxygen atoms in total. The predicted octanol–water partition coefficient (Wildman–Crippen LogP) is 2.45. The predicted molar refractivity (Wildman–Crippen MR) is 98.8 cm³/mol. The minimum atomic E-state index is -3.75. The Morgan fingerprint density at radius 3 is 2.44 bits per heavy atom. The van der Waals surface area contributed by atoms with Gasteiger partial charge in [-0.3, -0.25) is 9.69 Å². The molecule has 3 N–H and O–H groups in total. The van der Waals surface area contributed by atoms with Gasteiger partial charge in [0.05, 0.1) is 10.9 Å². The molecule has 134 valence electrons. The van der Waals surface area contributed by atoms with E-state index < -0.39 is 16.1 Å². The van der Waals surface area contributed by atoms with Crippen LogP contribution in [0.15, 0.2) is 53.4 Å². The van der Waals surface area contributed by atoms with Gasteiger partial charge in [-0.05, 0) is 55.9 Å². The highest BCUT2D eigenvalue weighted by Crippen LogP contribution is 2.15. The second-order valence-electron chi connectivity index (χ2n) is 5.78. The first kappa shape index (κ1) is 19.4. The summed E-state index contributed by atoms with van der Waals surface area (Å²) in [5, 5.41) is 8.46. The molecular formula is C17H20ClN3O3S. The molecule has 0 radical (unpaired) electrons. The number of rotatable bonds is 6. The molecule has 8 heteroatoms. The van der Waals surface area contributed by atoms with Gasteiger partial charge < -0.3 is 5.32 Å². The highest BCUT2D eigenvalue weighted by Gasteiger charge is 2.18. The Bertz CT molecular complexity index is 854. The quantitative estimate of drug-likeness (QED) is 0.803. The Morgan fingerprint density at radius 2 is 1.88 bits per heavy atom. The van der Waals surface area contributed by atoms with E-state index in [1.807, 2.05) is 30.1 Å². The zero-order chi connectivity index (χ0) is 18.6. The summed E-state index contributed by atoms with van der Waals surface area (Å²) in [6.45, 7) is 2.36. The lowest BCUT2D eigenvalue weighted by atomic mass is 10.2. The number of hydrogen-bond donors (Lipinski definition) is 2. The van der Waals surface area contributed by atoms with Gasteiger partial charge in [0.1, 0.15) is 0 Å². The smallest absolute Gasteiger partial charge is 0.241 e. The molecule has 0 unspecified atom stereocenters. The van der Waals surface area contributed by atoms with Crippen LogP contribution < -0.4 is 10.5 Å². The molecule has 0 bridgehead atoms. The number of amides is 1. The van der Waals surface area contributed by atoms with Gasteiger partial charge in [-0.15, -0.1) is 0 Å². The maximum Gasteiger partial charge on any atom is 0.241 e. The lowest BCUT2D eigenvalue weighted by Crippen LogP contribution is -2.39. The highest BCUT2D eigenvalue weighted by molar-refractivity contribution is 7.89. The number of benzene rings is 2. The third-order valence-electron chi connectivity index (χ3n) is 3.81. The molecule has 0 aliphatic heterocycles. The minimum absolute atomic E-state index is 0.00313. The third kappa shape index (κ3) is 5.54. The van der Waals surface area contributed by atoms with Crippen molar-refractivity contribution in [2.45, 2.75) is 24.4 Å². The maximum atomic E-state index is 12.4. The molecular weight excluding hydrogens is 362 g/mol. The van der Waals surface area contributed by atoms with Crippen molar-refractivity contribution >= 4 is 33.2 Å². The summed E-state index contributed by atoms with van der Waals surface area (Å²) in [6.07, 6.45) is 0. The van der Waals surface area contributed by atoms with Crippen molar-refractivity contribution in [3.05, 3.63) is 59.1 Å². The van der Waals surface area contributed by atoms with Crippen LogP contribution in [0.2, 0.25) is 5.02 Å². The molecule has 0 aliphatic carbocycles. The number of likely N-dealkylation sites (N-methyl/N-ethyl adjacent to an activating group) is 1. The minimum Gasteiger partial charge on any atom is -0.325 e. The van der Waals surface area contributed by atoms with Crippen molar-refractivity contribution in [1.82, 2.24) is 4.90 Å². The van der Waals surface area contributed by atoms with Crippen LogP contribution in [0.3, 0.4) is 0 Å². The molecule has 0 fully saturated rings. The van der Waals surface area contributed by atoms with E-state index in [4.69, 9.17) is 16.7 Å². The fourth-order valence-electron chi connectivity index (χ4n) is 2.24. The number of sulfonamides is 1. The zero-order valence-electron chi connectivity index (χ0n) is 13.9. The van der Waals surface area contributed by atoms with Crippen LogP contribution in [-0.2, 0) is 21.4 Å². The third-order valence-corrected chi connectivity index (χ3v) is 4.98. The van der Waals surface area contributed by atoms with E-state index in [0.717, 1.165) is 5.56 Å². The van der Waals surface area contributed by atoms with Crippen molar-refractivity contribution in [3.8, 4) is 0 Å². The van der Waals surface area contributed by atoms with Gasteiger partial charge in [-0.25, -0.2) is 13.6 Å². The van der Waals surface area contributed by atoms with Gasteiger partial charge in [0.15, 0.2) is 0 Å². The second-order valence-corrected chi connectivity index (χ2v) is 7.78. The van der Waals surface area contributed by atoms with E-state index in [9.17, 15) is 13.2 Å². The summed E-state index contributed by atoms with van der Waals surface area (Å²) in [6, 6.07) is 12.8. The topological polar surface area (TPSA) is 92.5 Å². The number of carbonyl (C=O) groups excluding carboxylic acids is 1. The largest absolute Gasteiger partial charge is 0.325 e. The van der Waals surface area contributed by atoms with Crippen molar-refractivity contribution in [1.29, 1.82) is 0 Å². The Hall–Kier alpha value is -1.93. The first-order chi connectivity index (χ1) is 11.7. The SMILES string of the molecule is C[C@@H](C(=O)Nc1ccc(S(N)(=O)=O)cc1)N(C)Cc1cccc(Cl)c1. The summed E-state index contributed by atoms with van der Waals surface area (Å²) in [7, 11) is -1.91. The van der Waals surface area contributed by atoms with Crippen molar-refractivity contribution < 1.29 is 13.2 Å². The summed E-state index contributed by atoms with van der Waals surface area (Å²) < 4.78 is 22.5. The van der Waals surface area contributed by atoms with Gasteiger partial charge in [-0.2, -0.15) is 0 Å². The average molecular weight is 382 g/mol. The molecule has 2 aromatic rings. The standard InChI is InChI=1S/C17H20ClN3O3S/c1-12(21(2)11-13-4-3-5-14(18)10-13)17(22)20-15-6-8-16(9-7-15)25(19,23)24/h3-10,12H,11H2,1-2H3,(H,20,22)(H2,19,23,24)/t12-/m0/s1. The Morgan fingerprint density at radius 1 is 1.24 bits per heavy atom. The van der Waals surface area contributed by atoms with Crippen LogP contribution >= 0.6 is 11.6 Å². The van der Waals surface area contributed by atoms with Gasteiger partial charge in [-0.1, -0.05) is 23.7 Å². The molecule has 0 aliphatic rings. The van der Waals surface area contributed by atoms with Crippen LogP contribution in [-0.4, -0.2) is 32.3 Å². The molecule has 0 saturated heterocycles. The first-order valence-corrected chi connectivity index (χ1v) is 9.47.